The second-order valence-electron chi connectivity index (χ2n) is 13.5. The Labute approximate surface area is 302 Å². The van der Waals surface area contributed by atoms with Crippen LogP contribution >= 0.6 is 11.6 Å². The Balaban J connectivity index is 1.34. The number of methoxy groups -OCH3 is 1. The summed E-state index contributed by atoms with van der Waals surface area (Å²) in [6, 6.07) is 23.8. The smallest absolute Gasteiger partial charge is 0.339 e. The van der Waals surface area contributed by atoms with Crippen LogP contribution in [-0.2, 0) is 24.6 Å². The molecule has 6 unspecified atom stereocenters. The van der Waals surface area contributed by atoms with Crippen LogP contribution in [0, 0.1) is 23.7 Å². The molecule has 4 aliphatic rings. The number of phenolic OH excluding ortho intramolecular Hbond substituents is 1. The lowest BCUT2D eigenvalue weighted by Gasteiger charge is -2.50. The number of ether oxygens (including phenoxy) is 1. The number of carboxylic acids is 1. The van der Waals surface area contributed by atoms with Crippen LogP contribution in [0.15, 0.2) is 103 Å². The molecule has 0 bridgehead atoms. The summed E-state index contributed by atoms with van der Waals surface area (Å²) in [4.78, 5) is 72.4. The van der Waals surface area contributed by atoms with Crippen LogP contribution in [-0.4, -0.2) is 52.0 Å². The Bertz CT molecular complexity index is 2250. The van der Waals surface area contributed by atoms with E-state index in [-0.39, 0.29) is 41.3 Å². The highest BCUT2D eigenvalue weighted by molar-refractivity contribution is 6.32. The van der Waals surface area contributed by atoms with Crippen molar-refractivity contribution in [3.05, 3.63) is 124 Å². The molecule has 2 aliphatic heterocycles. The van der Waals surface area contributed by atoms with E-state index < -0.39 is 70.4 Å². The van der Waals surface area contributed by atoms with Crippen molar-refractivity contribution in [1.29, 1.82) is 0 Å². The Kier molecular flexibility index (Phi) is 7.72. The molecule has 262 valence electrons. The van der Waals surface area contributed by atoms with E-state index in [1.165, 1.54) is 19.2 Å². The van der Waals surface area contributed by atoms with Crippen molar-refractivity contribution in [2.75, 3.05) is 16.9 Å². The first-order chi connectivity index (χ1) is 25.0. The molecule has 4 amide bonds. The molecule has 4 aromatic carbocycles. The minimum Gasteiger partial charge on any atom is -0.507 e. The summed E-state index contributed by atoms with van der Waals surface area (Å²) in [5.74, 6) is -8.71. The van der Waals surface area contributed by atoms with E-state index in [9.17, 15) is 34.5 Å². The van der Waals surface area contributed by atoms with Crippen molar-refractivity contribution in [3.63, 3.8) is 0 Å². The number of carbonyl (C=O) groups excluding carboxylic acids is 4. The number of amides is 4. The molecule has 0 spiro atoms. The number of anilines is 2. The lowest BCUT2D eigenvalue weighted by Crippen LogP contribution is -2.53. The third kappa shape index (κ3) is 4.55. The normalized spacial score (nSPS) is 26.5. The third-order valence-corrected chi connectivity index (χ3v) is 11.4. The van der Waals surface area contributed by atoms with Gasteiger partial charge in [0.15, 0.2) is 11.5 Å². The zero-order valence-corrected chi connectivity index (χ0v) is 28.4. The molecule has 0 radical (unpaired) electrons. The molecule has 3 fully saturated rings. The van der Waals surface area contributed by atoms with Gasteiger partial charge in [0.1, 0.15) is 11.3 Å². The topological polar surface area (TPSA) is 162 Å². The van der Waals surface area contributed by atoms with E-state index in [0.29, 0.717) is 21.7 Å². The van der Waals surface area contributed by atoms with Crippen LogP contribution in [0.1, 0.15) is 40.2 Å². The summed E-state index contributed by atoms with van der Waals surface area (Å²) >= 11 is 6.37. The number of fused-ring (bicyclic) bond motifs is 4. The summed E-state index contributed by atoms with van der Waals surface area (Å²) in [5.41, 5.74) is -0.193. The third-order valence-electron chi connectivity index (χ3n) is 11.2. The first-order valence-corrected chi connectivity index (χ1v) is 17.1. The number of rotatable bonds is 6. The van der Waals surface area contributed by atoms with Crippen molar-refractivity contribution in [3.8, 4) is 17.2 Å². The van der Waals surface area contributed by atoms with Crippen molar-refractivity contribution in [1.82, 2.24) is 0 Å². The number of allylic oxidation sites excluding steroid dienone is 2. The number of imide groups is 2. The van der Waals surface area contributed by atoms with Gasteiger partial charge in [-0.05, 0) is 60.7 Å². The average molecular weight is 719 g/mol. The van der Waals surface area contributed by atoms with E-state index in [1.54, 1.807) is 66.7 Å². The SMILES string of the molecule is COc1cccc(C2C3=CCC4C(=O)N(c5ccc(C(=O)O)c(O)c5)C(=O)C4C3CC3C(=O)N(c4cccc(Cl)c4)C(=O)C32c2ccccc2)c1O. The number of aromatic hydroxyl groups is 2. The first kappa shape index (κ1) is 33.2. The van der Waals surface area contributed by atoms with Gasteiger partial charge in [-0.3, -0.25) is 19.2 Å². The lowest BCUT2D eigenvalue weighted by molar-refractivity contribution is -0.127. The molecular weight excluding hydrogens is 688 g/mol. The van der Waals surface area contributed by atoms with Crippen LogP contribution in [0.3, 0.4) is 0 Å². The Morgan fingerprint density at radius 1 is 0.827 bits per heavy atom. The van der Waals surface area contributed by atoms with Crippen LogP contribution < -0.4 is 14.5 Å². The van der Waals surface area contributed by atoms with E-state index in [4.69, 9.17) is 16.3 Å². The predicted molar refractivity (Wildman–Crippen MR) is 188 cm³/mol. The number of hydrogen-bond donors (Lipinski definition) is 3. The number of para-hydroxylation sites is 1. The Morgan fingerprint density at radius 3 is 2.25 bits per heavy atom. The van der Waals surface area contributed by atoms with Gasteiger partial charge in [0.05, 0.1) is 41.7 Å². The fourth-order valence-electron chi connectivity index (χ4n) is 9.12. The second kappa shape index (κ2) is 12.1. The van der Waals surface area contributed by atoms with Crippen LogP contribution in [0.4, 0.5) is 11.4 Å². The van der Waals surface area contributed by atoms with Crippen molar-refractivity contribution < 1.29 is 44.0 Å². The monoisotopic (exact) mass is 718 g/mol. The molecule has 12 heteroatoms. The van der Waals surface area contributed by atoms with Crippen LogP contribution in [0.2, 0.25) is 5.02 Å². The number of carboxylic acid groups (broad SMARTS) is 1. The van der Waals surface area contributed by atoms with Crippen molar-refractivity contribution in [2.24, 2.45) is 23.7 Å². The lowest BCUT2D eigenvalue weighted by atomic mass is 9.49. The van der Waals surface area contributed by atoms with E-state index in [0.717, 1.165) is 21.9 Å². The number of benzene rings is 4. The molecule has 6 atom stereocenters. The first-order valence-electron chi connectivity index (χ1n) is 16.7. The summed E-state index contributed by atoms with van der Waals surface area (Å²) < 4.78 is 5.50. The summed E-state index contributed by atoms with van der Waals surface area (Å²) in [6.45, 7) is 0. The van der Waals surface area contributed by atoms with Crippen molar-refractivity contribution >= 4 is 52.6 Å². The number of phenols is 2. The van der Waals surface area contributed by atoms with E-state index >= 15 is 4.79 Å². The minimum atomic E-state index is -1.59. The van der Waals surface area contributed by atoms with Crippen molar-refractivity contribution in [2.45, 2.75) is 24.2 Å². The van der Waals surface area contributed by atoms with Crippen LogP contribution in [0.5, 0.6) is 17.2 Å². The molecule has 0 aromatic heterocycles. The zero-order valence-electron chi connectivity index (χ0n) is 27.6. The number of hydrogen-bond acceptors (Lipinski definition) is 8. The highest BCUT2D eigenvalue weighted by Crippen LogP contribution is 2.65. The quantitative estimate of drug-likeness (QED) is 0.165. The predicted octanol–water partition coefficient (Wildman–Crippen LogP) is 5.83. The van der Waals surface area contributed by atoms with Crippen LogP contribution in [0.25, 0.3) is 0 Å². The number of carbonyl (C=O) groups is 5. The molecule has 2 heterocycles. The maximum absolute atomic E-state index is 15.3. The molecule has 2 aliphatic carbocycles. The summed E-state index contributed by atoms with van der Waals surface area (Å²) in [7, 11) is 1.41. The van der Waals surface area contributed by atoms with Gasteiger partial charge in [-0.25, -0.2) is 14.6 Å². The van der Waals surface area contributed by atoms with Gasteiger partial charge in [0, 0.05) is 22.6 Å². The number of halogens is 1. The Morgan fingerprint density at radius 2 is 1.56 bits per heavy atom. The fourth-order valence-corrected chi connectivity index (χ4v) is 9.30. The molecular formula is C40H31ClN2O9. The standard InChI is InChI=1S/C40H31ClN2O9/c1-52-31-12-6-11-27(34(31)45)33-24-15-16-26-32(37(48)42(35(26)46)23-13-14-25(38(49)50)30(44)18-23)28(24)19-29-36(47)43(22-10-5-9-21(41)17-22)39(51)40(29,33)20-7-3-2-4-8-20/h2-15,17-18,26,28-29,32-33,44-45H,16,19H2,1H3,(H,49,50). The zero-order chi connectivity index (χ0) is 36.6. The summed E-state index contributed by atoms with van der Waals surface area (Å²) in [5, 5.41) is 31.9. The second-order valence-corrected chi connectivity index (χ2v) is 13.9. The van der Waals surface area contributed by atoms with Gasteiger partial charge in [0.2, 0.25) is 23.6 Å². The van der Waals surface area contributed by atoms with Gasteiger partial charge in [-0.15, -0.1) is 0 Å². The molecule has 11 nitrogen and oxygen atoms in total. The number of nitrogens with zero attached hydrogens (tertiary/aromatic N) is 2. The molecule has 4 aromatic rings. The maximum atomic E-state index is 15.3. The fraction of sp³-hybridized carbons (Fsp3) is 0.225. The van der Waals surface area contributed by atoms with E-state index in [2.05, 4.69) is 0 Å². The highest BCUT2D eigenvalue weighted by atomic mass is 35.5. The van der Waals surface area contributed by atoms with Gasteiger partial charge >= 0.3 is 5.97 Å². The molecule has 1 saturated carbocycles. The number of aromatic carboxylic acids is 1. The van der Waals surface area contributed by atoms with E-state index in [1.807, 2.05) is 6.08 Å². The maximum Gasteiger partial charge on any atom is 0.339 e. The highest BCUT2D eigenvalue weighted by Gasteiger charge is 2.70. The molecule has 52 heavy (non-hydrogen) atoms. The molecule has 8 rings (SSSR count). The van der Waals surface area contributed by atoms with Gasteiger partial charge in [-0.1, -0.05) is 71.8 Å². The largest absolute Gasteiger partial charge is 0.507 e. The van der Waals surface area contributed by atoms with Gasteiger partial charge < -0.3 is 20.1 Å². The average Bonchev–Trinajstić information content (AvgIpc) is 3.52. The Hall–Kier alpha value is -5.94. The van der Waals surface area contributed by atoms with Gasteiger partial charge in [-0.2, -0.15) is 0 Å². The minimum absolute atomic E-state index is 0.0177. The molecule has 3 N–H and O–H groups in total. The molecule has 2 saturated heterocycles. The van der Waals surface area contributed by atoms with Gasteiger partial charge in [0.25, 0.3) is 0 Å². The summed E-state index contributed by atoms with van der Waals surface area (Å²) in [6.07, 6.45) is 2.00.